The molecule has 1 aromatic heterocycles. The molecule has 3 rings (SSSR count). The predicted octanol–water partition coefficient (Wildman–Crippen LogP) is 2.73. The molecule has 2 atom stereocenters. The number of benzene rings is 1. The number of hydrogen-bond donors (Lipinski definition) is 1. The zero-order chi connectivity index (χ0) is 11.1. The first kappa shape index (κ1) is 9.85. The topological polar surface area (TPSA) is 52.0 Å². The quantitative estimate of drug-likeness (QED) is 0.797. The number of nitrogens with two attached hydrogens (primary N) is 1. The summed E-state index contributed by atoms with van der Waals surface area (Å²) in [6.45, 7) is 2.06. The van der Waals surface area contributed by atoms with Gasteiger partial charge in [0.2, 0.25) is 0 Å². The van der Waals surface area contributed by atoms with Gasteiger partial charge in [-0.2, -0.15) is 0 Å². The monoisotopic (exact) mass is 216 g/mol. The number of oxazole rings is 1. The fraction of sp³-hybridized carbons (Fsp3) is 0.462. The van der Waals surface area contributed by atoms with Crippen LogP contribution >= 0.6 is 0 Å². The van der Waals surface area contributed by atoms with Crippen molar-refractivity contribution in [1.82, 2.24) is 4.98 Å². The van der Waals surface area contributed by atoms with E-state index >= 15 is 0 Å². The average Bonchev–Trinajstić information content (AvgIpc) is 2.83. The third kappa shape index (κ3) is 1.61. The fourth-order valence-electron chi connectivity index (χ4n) is 2.46. The molecule has 0 bridgehead atoms. The molecule has 1 aliphatic carbocycles. The van der Waals surface area contributed by atoms with E-state index in [0.29, 0.717) is 12.0 Å². The van der Waals surface area contributed by atoms with Gasteiger partial charge in [0.05, 0.1) is 0 Å². The molecule has 16 heavy (non-hydrogen) atoms. The number of fused-ring (bicyclic) bond motifs is 1. The van der Waals surface area contributed by atoms with Crippen molar-refractivity contribution in [2.24, 2.45) is 5.73 Å². The van der Waals surface area contributed by atoms with E-state index in [0.717, 1.165) is 36.3 Å². The summed E-state index contributed by atoms with van der Waals surface area (Å²) in [6.07, 6.45) is 3.20. The Morgan fingerprint density at radius 3 is 3.00 bits per heavy atom. The van der Waals surface area contributed by atoms with Gasteiger partial charge >= 0.3 is 0 Å². The third-order valence-electron chi connectivity index (χ3n) is 3.38. The molecule has 1 heterocycles. The fourth-order valence-corrected chi connectivity index (χ4v) is 2.46. The van der Waals surface area contributed by atoms with Gasteiger partial charge in [-0.15, -0.1) is 0 Å². The van der Waals surface area contributed by atoms with Crippen LogP contribution in [0.15, 0.2) is 22.6 Å². The van der Waals surface area contributed by atoms with Crippen molar-refractivity contribution in [2.45, 2.75) is 38.1 Å². The maximum absolute atomic E-state index is 5.91. The lowest BCUT2D eigenvalue weighted by molar-refractivity contribution is 0.471. The van der Waals surface area contributed by atoms with Crippen LogP contribution in [0.1, 0.15) is 36.6 Å². The highest BCUT2D eigenvalue weighted by Crippen LogP contribution is 2.34. The summed E-state index contributed by atoms with van der Waals surface area (Å²) in [5, 5.41) is 0. The van der Waals surface area contributed by atoms with Crippen LogP contribution in [0.5, 0.6) is 0 Å². The third-order valence-corrected chi connectivity index (χ3v) is 3.38. The Bertz CT molecular complexity index is 518. The summed E-state index contributed by atoms with van der Waals surface area (Å²) in [5.41, 5.74) is 8.98. The van der Waals surface area contributed by atoms with Crippen molar-refractivity contribution in [3.8, 4) is 0 Å². The Kier molecular flexibility index (Phi) is 2.21. The maximum atomic E-state index is 5.91. The van der Waals surface area contributed by atoms with Gasteiger partial charge in [0.15, 0.2) is 11.5 Å². The molecule has 3 heteroatoms. The SMILES string of the molecule is Cc1ccc2nc(C3CCC(N)C3)oc2c1. The minimum atomic E-state index is 0.321. The Morgan fingerprint density at radius 1 is 1.38 bits per heavy atom. The predicted molar refractivity (Wildman–Crippen MR) is 63.3 cm³/mol. The van der Waals surface area contributed by atoms with Gasteiger partial charge in [-0.25, -0.2) is 4.98 Å². The van der Waals surface area contributed by atoms with Crippen molar-refractivity contribution in [3.05, 3.63) is 29.7 Å². The molecule has 2 N–H and O–H groups in total. The standard InChI is InChI=1S/C13H16N2O/c1-8-2-5-11-12(6-8)16-13(15-11)9-3-4-10(14)7-9/h2,5-6,9-10H,3-4,7,14H2,1H3. The molecule has 1 aliphatic rings. The lowest BCUT2D eigenvalue weighted by atomic mass is 10.1. The van der Waals surface area contributed by atoms with E-state index < -0.39 is 0 Å². The van der Waals surface area contributed by atoms with Gasteiger partial charge in [-0.3, -0.25) is 0 Å². The van der Waals surface area contributed by atoms with Crippen LogP contribution in [-0.2, 0) is 0 Å². The molecule has 0 aliphatic heterocycles. The van der Waals surface area contributed by atoms with Crippen LogP contribution in [0.25, 0.3) is 11.1 Å². The van der Waals surface area contributed by atoms with Crippen molar-refractivity contribution < 1.29 is 4.42 Å². The zero-order valence-corrected chi connectivity index (χ0v) is 9.44. The molecule has 1 saturated carbocycles. The summed E-state index contributed by atoms with van der Waals surface area (Å²) in [6, 6.07) is 6.45. The van der Waals surface area contributed by atoms with Gasteiger partial charge < -0.3 is 10.2 Å². The van der Waals surface area contributed by atoms with Gasteiger partial charge in [-0.1, -0.05) is 6.07 Å². The van der Waals surface area contributed by atoms with E-state index in [9.17, 15) is 0 Å². The van der Waals surface area contributed by atoms with Crippen molar-refractivity contribution >= 4 is 11.1 Å². The molecule has 84 valence electrons. The smallest absolute Gasteiger partial charge is 0.198 e. The van der Waals surface area contributed by atoms with Gasteiger partial charge in [0, 0.05) is 12.0 Å². The lowest BCUT2D eigenvalue weighted by Crippen LogP contribution is -2.14. The van der Waals surface area contributed by atoms with Gasteiger partial charge in [-0.05, 0) is 43.9 Å². The molecule has 1 fully saturated rings. The molecular formula is C13H16N2O. The van der Waals surface area contributed by atoms with Gasteiger partial charge in [0.1, 0.15) is 5.52 Å². The second-order valence-electron chi connectivity index (χ2n) is 4.79. The summed E-state index contributed by atoms with van der Waals surface area (Å²) in [5.74, 6) is 1.29. The van der Waals surface area contributed by atoms with Crippen LogP contribution in [0.4, 0.5) is 0 Å². The Labute approximate surface area is 94.7 Å². The molecule has 2 unspecified atom stereocenters. The normalized spacial score (nSPS) is 25.4. The summed E-state index contributed by atoms with van der Waals surface area (Å²) in [7, 11) is 0. The van der Waals surface area contributed by atoms with E-state index in [1.807, 2.05) is 12.1 Å². The molecule has 2 aromatic rings. The van der Waals surface area contributed by atoms with Crippen molar-refractivity contribution in [2.75, 3.05) is 0 Å². The largest absolute Gasteiger partial charge is 0.440 e. The van der Waals surface area contributed by atoms with E-state index in [1.54, 1.807) is 0 Å². The van der Waals surface area contributed by atoms with Crippen LogP contribution in [0, 0.1) is 6.92 Å². The molecule has 0 radical (unpaired) electrons. The first-order valence-corrected chi connectivity index (χ1v) is 5.85. The molecular weight excluding hydrogens is 200 g/mol. The Hall–Kier alpha value is -1.35. The Morgan fingerprint density at radius 2 is 2.25 bits per heavy atom. The number of aryl methyl sites for hydroxylation is 1. The maximum Gasteiger partial charge on any atom is 0.198 e. The van der Waals surface area contributed by atoms with Gasteiger partial charge in [0.25, 0.3) is 0 Å². The molecule has 1 aromatic carbocycles. The van der Waals surface area contributed by atoms with E-state index in [1.165, 1.54) is 5.56 Å². The average molecular weight is 216 g/mol. The second kappa shape index (κ2) is 3.59. The molecule has 0 saturated heterocycles. The second-order valence-corrected chi connectivity index (χ2v) is 4.79. The zero-order valence-electron chi connectivity index (χ0n) is 9.44. The highest BCUT2D eigenvalue weighted by atomic mass is 16.3. The highest BCUT2D eigenvalue weighted by Gasteiger charge is 2.27. The number of aromatic nitrogens is 1. The number of hydrogen-bond acceptors (Lipinski definition) is 3. The first-order chi connectivity index (χ1) is 7.72. The van der Waals surface area contributed by atoms with E-state index in [2.05, 4.69) is 18.0 Å². The summed E-state index contributed by atoms with van der Waals surface area (Å²) < 4.78 is 5.81. The van der Waals surface area contributed by atoms with E-state index in [-0.39, 0.29) is 0 Å². The highest BCUT2D eigenvalue weighted by molar-refractivity contribution is 5.73. The van der Waals surface area contributed by atoms with Crippen molar-refractivity contribution in [1.29, 1.82) is 0 Å². The molecule has 3 nitrogen and oxygen atoms in total. The number of nitrogens with zero attached hydrogens (tertiary/aromatic N) is 1. The lowest BCUT2D eigenvalue weighted by Gasteiger charge is -2.02. The Balaban J connectivity index is 1.99. The summed E-state index contributed by atoms with van der Waals surface area (Å²) >= 11 is 0. The van der Waals surface area contributed by atoms with E-state index in [4.69, 9.17) is 10.2 Å². The minimum Gasteiger partial charge on any atom is -0.440 e. The van der Waals surface area contributed by atoms with Crippen LogP contribution in [-0.4, -0.2) is 11.0 Å². The minimum absolute atomic E-state index is 0.321. The first-order valence-electron chi connectivity index (χ1n) is 5.85. The van der Waals surface area contributed by atoms with Crippen LogP contribution < -0.4 is 5.73 Å². The summed E-state index contributed by atoms with van der Waals surface area (Å²) in [4.78, 5) is 4.55. The van der Waals surface area contributed by atoms with Crippen LogP contribution in [0.3, 0.4) is 0 Å². The molecule has 0 amide bonds. The number of rotatable bonds is 1. The van der Waals surface area contributed by atoms with Crippen molar-refractivity contribution in [3.63, 3.8) is 0 Å². The van der Waals surface area contributed by atoms with Crippen LogP contribution in [0.2, 0.25) is 0 Å². The molecule has 0 spiro atoms.